The van der Waals surface area contributed by atoms with Crippen LogP contribution in [0.5, 0.6) is 5.75 Å². The van der Waals surface area contributed by atoms with Gasteiger partial charge in [-0.15, -0.1) is 0 Å². The van der Waals surface area contributed by atoms with Crippen molar-refractivity contribution in [2.24, 2.45) is 0 Å². The Morgan fingerprint density at radius 3 is 2.70 bits per heavy atom. The molecule has 2 rings (SSSR count). The standard InChI is InChI=1S/C16H18N2O2/c1-12-7-3-4-9-15(12)20-13(2)16(19)18-11-14-8-5-6-10-17-14/h3-10,13H,11H2,1-2H3,(H,18,19)/t13-/m0/s1. The van der Waals surface area contributed by atoms with Gasteiger partial charge in [-0.2, -0.15) is 0 Å². The van der Waals surface area contributed by atoms with Gasteiger partial charge >= 0.3 is 0 Å². The molecule has 4 heteroatoms. The maximum atomic E-state index is 12.0. The van der Waals surface area contributed by atoms with Crippen LogP contribution in [0.1, 0.15) is 18.2 Å². The Kier molecular flexibility index (Phi) is 4.71. The Bertz CT molecular complexity index is 570. The molecule has 0 spiro atoms. The number of carbonyl (C=O) groups is 1. The number of benzene rings is 1. The van der Waals surface area contributed by atoms with Crippen molar-refractivity contribution < 1.29 is 9.53 Å². The zero-order chi connectivity index (χ0) is 14.4. The number of nitrogens with zero attached hydrogens (tertiary/aromatic N) is 1. The van der Waals surface area contributed by atoms with Crippen molar-refractivity contribution >= 4 is 5.91 Å². The molecule has 1 amide bonds. The molecule has 0 unspecified atom stereocenters. The molecule has 0 radical (unpaired) electrons. The van der Waals surface area contributed by atoms with Gasteiger partial charge in [-0.1, -0.05) is 24.3 Å². The van der Waals surface area contributed by atoms with Crippen LogP contribution in [-0.2, 0) is 11.3 Å². The first-order valence-electron chi connectivity index (χ1n) is 6.56. The second-order valence-corrected chi connectivity index (χ2v) is 4.56. The number of hydrogen-bond donors (Lipinski definition) is 1. The predicted molar refractivity (Wildman–Crippen MR) is 77.4 cm³/mol. The molecule has 1 atom stereocenters. The Labute approximate surface area is 118 Å². The van der Waals surface area contributed by atoms with Crippen LogP contribution in [0.2, 0.25) is 0 Å². The van der Waals surface area contributed by atoms with Gasteiger partial charge in [0, 0.05) is 6.20 Å². The first-order chi connectivity index (χ1) is 9.66. The Morgan fingerprint density at radius 1 is 1.25 bits per heavy atom. The SMILES string of the molecule is Cc1ccccc1O[C@@H](C)C(=O)NCc1ccccn1. The number of nitrogens with one attached hydrogen (secondary N) is 1. The van der Waals surface area contributed by atoms with Gasteiger partial charge in [0.2, 0.25) is 0 Å². The summed E-state index contributed by atoms with van der Waals surface area (Å²) in [7, 11) is 0. The minimum atomic E-state index is -0.542. The van der Waals surface area contributed by atoms with E-state index >= 15 is 0 Å². The number of carbonyl (C=O) groups excluding carboxylic acids is 1. The molecule has 1 aromatic heterocycles. The van der Waals surface area contributed by atoms with Crippen LogP contribution in [0.4, 0.5) is 0 Å². The molecule has 0 aliphatic carbocycles. The molecule has 0 bridgehead atoms. The average Bonchev–Trinajstić information content (AvgIpc) is 2.48. The number of para-hydroxylation sites is 1. The third-order valence-corrected chi connectivity index (χ3v) is 2.94. The monoisotopic (exact) mass is 270 g/mol. The van der Waals surface area contributed by atoms with Gasteiger partial charge in [-0.05, 0) is 37.6 Å². The lowest BCUT2D eigenvalue weighted by atomic mass is 10.2. The summed E-state index contributed by atoms with van der Waals surface area (Å²) in [6.45, 7) is 4.09. The molecule has 104 valence electrons. The van der Waals surface area contributed by atoms with Crippen molar-refractivity contribution in [2.45, 2.75) is 26.5 Å². The maximum Gasteiger partial charge on any atom is 0.261 e. The first kappa shape index (κ1) is 14.1. The van der Waals surface area contributed by atoms with Crippen LogP contribution in [-0.4, -0.2) is 17.0 Å². The number of hydrogen-bond acceptors (Lipinski definition) is 3. The van der Waals surface area contributed by atoms with Gasteiger partial charge in [-0.3, -0.25) is 9.78 Å². The second-order valence-electron chi connectivity index (χ2n) is 4.56. The number of rotatable bonds is 5. The van der Waals surface area contributed by atoms with Crippen molar-refractivity contribution in [3.8, 4) is 5.75 Å². The van der Waals surface area contributed by atoms with Gasteiger partial charge in [0.1, 0.15) is 5.75 Å². The second kappa shape index (κ2) is 6.70. The van der Waals surface area contributed by atoms with Gasteiger partial charge in [0.15, 0.2) is 6.10 Å². The highest BCUT2D eigenvalue weighted by Crippen LogP contribution is 2.17. The van der Waals surface area contributed by atoms with E-state index in [0.717, 1.165) is 17.0 Å². The van der Waals surface area contributed by atoms with E-state index < -0.39 is 6.10 Å². The summed E-state index contributed by atoms with van der Waals surface area (Å²) in [6, 6.07) is 13.2. The summed E-state index contributed by atoms with van der Waals surface area (Å²) in [6.07, 6.45) is 1.16. The lowest BCUT2D eigenvalue weighted by Crippen LogP contribution is -2.36. The highest BCUT2D eigenvalue weighted by atomic mass is 16.5. The molecule has 0 aliphatic heterocycles. The van der Waals surface area contributed by atoms with Crippen LogP contribution in [0.3, 0.4) is 0 Å². The van der Waals surface area contributed by atoms with E-state index in [-0.39, 0.29) is 5.91 Å². The highest BCUT2D eigenvalue weighted by Gasteiger charge is 2.15. The topological polar surface area (TPSA) is 51.2 Å². The smallest absolute Gasteiger partial charge is 0.261 e. The van der Waals surface area contributed by atoms with E-state index in [1.54, 1.807) is 13.1 Å². The molecule has 0 saturated heterocycles. The van der Waals surface area contributed by atoms with Crippen LogP contribution < -0.4 is 10.1 Å². The van der Waals surface area contributed by atoms with E-state index in [2.05, 4.69) is 10.3 Å². The molecule has 0 fully saturated rings. The van der Waals surface area contributed by atoms with E-state index in [4.69, 9.17) is 4.74 Å². The van der Waals surface area contributed by atoms with Gasteiger partial charge in [-0.25, -0.2) is 0 Å². The van der Waals surface area contributed by atoms with E-state index in [1.165, 1.54) is 0 Å². The lowest BCUT2D eigenvalue weighted by Gasteiger charge is -2.16. The van der Waals surface area contributed by atoms with E-state index in [0.29, 0.717) is 6.54 Å². The van der Waals surface area contributed by atoms with Crippen LogP contribution in [0.15, 0.2) is 48.7 Å². The molecule has 0 aliphatic rings. The zero-order valence-electron chi connectivity index (χ0n) is 11.7. The van der Waals surface area contributed by atoms with Crippen molar-refractivity contribution in [2.75, 3.05) is 0 Å². The Balaban J connectivity index is 1.88. The highest BCUT2D eigenvalue weighted by molar-refractivity contribution is 5.80. The molecule has 1 heterocycles. The van der Waals surface area contributed by atoms with Gasteiger partial charge in [0.05, 0.1) is 12.2 Å². The third-order valence-electron chi connectivity index (χ3n) is 2.94. The number of pyridine rings is 1. The molecule has 20 heavy (non-hydrogen) atoms. The summed E-state index contributed by atoms with van der Waals surface area (Å²) in [5.74, 6) is 0.576. The van der Waals surface area contributed by atoms with Crippen LogP contribution in [0, 0.1) is 6.92 Å². The summed E-state index contributed by atoms with van der Waals surface area (Å²) in [5.41, 5.74) is 1.83. The fraction of sp³-hybridized carbons (Fsp3) is 0.250. The molecule has 0 saturated carbocycles. The average molecular weight is 270 g/mol. The summed E-state index contributed by atoms with van der Waals surface area (Å²) in [5, 5.41) is 2.81. The molecular formula is C16H18N2O2. The zero-order valence-corrected chi connectivity index (χ0v) is 11.7. The normalized spacial score (nSPS) is 11.7. The summed E-state index contributed by atoms with van der Waals surface area (Å²) >= 11 is 0. The summed E-state index contributed by atoms with van der Waals surface area (Å²) in [4.78, 5) is 16.1. The largest absolute Gasteiger partial charge is 0.481 e. The maximum absolute atomic E-state index is 12.0. The molecular weight excluding hydrogens is 252 g/mol. The van der Waals surface area contributed by atoms with Gasteiger partial charge < -0.3 is 10.1 Å². The third kappa shape index (κ3) is 3.82. The molecule has 1 aromatic carbocycles. The van der Waals surface area contributed by atoms with Crippen molar-refractivity contribution in [1.29, 1.82) is 0 Å². The number of aromatic nitrogens is 1. The number of ether oxygens (including phenoxy) is 1. The molecule has 1 N–H and O–H groups in total. The minimum absolute atomic E-state index is 0.154. The van der Waals surface area contributed by atoms with Crippen molar-refractivity contribution in [3.05, 3.63) is 59.9 Å². The van der Waals surface area contributed by atoms with Crippen molar-refractivity contribution in [1.82, 2.24) is 10.3 Å². The number of amides is 1. The van der Waals surface area contributed by atoms with Crippen molar-refractivity contribution in [3.63, 3.8) is 0 Å². The van der Waals surface area contributed by atoms with Crippen LogP contribution in [0.25, 0.3) is 0 Å². The fourth-order valence-electron chi connectivity index (χ4n) is 1.76. The number of aryl methyl sites for hydroxylation is 1. The Morgan fingerprint density at radius 2 is 2.00 bits per heavy atom. The van der Waals surface area contributed by atoms with E-state index in [1.807, 2.05) is 49.4 Å². The summed E-state index contributed by atoms with van der Waals surface area (Å²) < 4.78 is 5.66. The predicted octanol–water partition coefficient (Wildman–Crippen LogP) is 2.47. The molecule has 2 aromatic rings. The quantitative estimate of drug-likeness (QED) is 0.908. The van der Waals surface area contributed by atoms with Crippen LogP contribution >= 0.6 is 0 Å². The fourth-order valence-corrected chi connectivity index (χ4v) is 1.76. The van der Waals surface area contributed by atoms with Gasteiger partial charge in [0.25, 0.3) is 5.91 Å². The minimum Gasteiger partial charge on any atom is -0.481 e. The first-order valence-corrected chi connectivity index (χ1v) is 6.56. The molecule has 4 nitrogen and oxygen atoms in total. The lowest BCUT2D eigenvalue weighted by molar-refractivity contribution is -0.127. The Hall–Kier alpha value is -2.36. The van der Waals surface area contributed by atoms with E-state index in [9.17, 15) is 4.79 Å².